The number of hydrogen-bond acceptors (Lipinski definition) is 14. The van der Waals surface area contributed by atoms with E-state index in [2.05, 4.69) is 21.4 Å². The molecule has 2 fully saturated rings. The predicted octanol–water partition coefficient (Wildman–Crippen LogP) is -7.41. The van der Waals surface area contributed by atoms with Crippen LogP contribution in [-0.2, 0) is 43.1 Å². The van der Waals surface area contributed by atoms with Crippen LogP contribution in [0.25, 0.3) is 0 Å². The van der Waals surface area contributed by atoms with Gasteiger partial charge in [-0.25, -0.2) is 8.42 Å². The Morgan fingerprint density at radius 1 is 1.00 bits per heavy atom. The average Bonchev–Trinajstić information content (AvgIpc) is 2.78. The molecular formula is C19H31N2NaO14S. The molecule has 0 aliphatic carbocycles. The van der Waals surface area contributed by atoms with Gasteiger partial charge >= 0.3 is 29.6 Å². The zero-order valence-corrected chi connectivity index (χ0v) is 23.3. The van der Waals surface area contributed by atoms with Crippen LogP contribution in [0.3, 0.4) is 0 Å². The van der Waals surface area contributed by atoms with E-state index in [0.29, 0.717) is 0 Å². The molecule has 2 amide bonds. The van der Waals surface area contributed by atoms with E-state index in [0.717, 1.165) is 6.92 Å². The van der Waals surface area contributed by atoms with Gasteiger partial charge in [0, 0.05) is 13.8 Å². The van der Waals surface area contributed by atoms with Crippen LogP contribution in [0.2, 0.25) is 0 Å². The molecule has 0 bridgehead atoms. The molecule has 0 radical (unpaired) electrons. The van der Waals surface area contributed by atoms with Crippen LogP contribution in [0.15, 0.2) is 12.7 Å². The Bertz CT molecular complexity index is 879. The first-order valence-electron chi connectivity index (χ1n) is 10.8. The summed E-state index contributed by atoms with van der Waals surface area (Å²) >= 11 is 0. The number of aliphatic hydroxyl groups is 4. The van der Waals surface area contributed by atoms with Crippen molar-refractivity contribution >= 4 is 22.2 Å². The minimum Gasteiger partial charge on any atom is -0.726 e. The van der Waals surface area contributed by atoms with Crippen molar-refractivity contribution in [3.63, 3.8) is 0 Å². The molecular weight excluding hydrogens is 535 g/mol. The number of ether oxygens (including phenoxy) is 4. The second kappa shape index (κ2) is 15.1. The van der Waals surface area contributed by atoms with Gasteiger partial charge < -0.3 is 54.6 Å². The maximum Gasteiger partial charge on any atom is 1.00 e. The average molecular weight is 567 g/mol. The van der Waals surface area contributed by atoms with E-state index < -0.39 is 96.7 Å². The third-order valence-electron chi connectivity index (χ3n) is 5.34. The van der Waals surface area contributed by atoms with Crippen LogP contribution in [0.5, 0.6) is 0 Å². The number of amides is 2. The van der Waals surface area contributed by atoms with Crippen molar-refractivity contribution in [3.05, 3.63) is 12.7 Å². The third-order valence-corrected chi connectivity index (χ3v) is 5.76. The summed E-state index contributed by atoms with van der Waals surface area (Å²) in [4.78, 5) is 23.4. The molecule has 0 aromatic carbocycles. The quantitative estimate of drug-likeness (QED) is 0.0589. The van der Waals surface area contributed by atoms with Gasteiger partial charge in [0.2, 0.25) is 22.2 Å². The van der Waals surface area contributed by atoms with E-state index in [1.165, 1.54) is 13.0 Å². The van der Waals surface area contributed by atoms with E-state index >= 15 is 0 Å². The van der Waals surface area contributed by atoms with Crippen LogP contribution >= 0.6 is 0 Å². The van der Waals surface area contributed by atoms with Gasteiger partial charge in [0.05, 0.1) is 19.8 Å². The summed E-state index contributed by atoms with van der Waals surface area (Å²) in [6.07, 6.45) is -11.1. The summed E-state index contributed by atoms with van der Waals surface area (Å²) in [6.45, 7) is 4.02. The molecule has 2 aliphatic heterocycles. The zero-order chi connectivity index (χ0) is 27.2. The number of hydrogen-bond donors (Lipinski definition) is 6. The zero-order valence-electron chi connectivity index (χ0n) is 20.5. The Hall–Kier alpha value is -0.770. The molecule has 16 nitrogen and oxygen atoms in total. The second-order valence-electron chi connectivity index (χ2n) is 8.11. The maximum absolute atomic E-state index is 11.7. The largest absolute Gasteiger partial charge is 1.00 e. The van der Waals surface area contributed by atoms with Crippen LogP contribution in [-0.4, -0.2) is 126 Å². The SMILES string of the molecule is C=CCO[C@H]1O[C@H](CO)[C@@H](O[C@@H]2O[C@H](COS(=O)(=O)[O-])[C@@H](O)[C@H](O)[C@H]2NC(C)=O)[C@H](O)[C@H]1NC(C)=O.[Na+]. The molecule has 0 aromatic rings. The van der Waals surface area contributed by atoms with Gasteiger partial charge in [-0.15, -0.1) is 6.58 Å². The van der Waals surface area contributed by atoms with Gasteiger partial charge in [0.15, 0.2) is 12.6 Å². The van der Waals surface area contributed by atoms with Crippen molar-refractivity contribution in [2.75, 3.05) is 19.8 Å². The van der Waals surface area contributed by atoms with E-state index in [1.54, 1.807) is 0 Å². The maximum atomic E-state index is 11.7. The summed E-state index contributed by atoms with van der Waals surface area (Å²) in [6, 6.07) is -2.67. The molecule has 0 spiro atoms. The molecule has 0 aromatic heterocycles. The van der Waals surface area contributed by atoms with Gasteiger partial charge in [0.1, 0.15) is 48.7 Å². The Morgan fingerprint density at radius 2 is 1.54 bits per heavy atom. The number of nitrogens with one attached hydrogen (secondary N) is 2. The van der Waals surface area contributed by atoms with Crippen molar-refractivity contribution in [2.45, 2.75) is 75.1 Å². The number of carbonyl (C=O) groups excluding carboxylic acids is 2. The molecule has 6 N–H and O–H groups in total. The van der Waals surface area contributed by atoms with E-state index in [4.69, 9.17) is 18.9 Å². The molecule has 37 heavy (non-hydrogen) atoms. The topological polar surface area (TPSA) is 242 Å². The molecule has 0 saturated carbocycles. The summed E-state index contributed by atoms with van der Waals surface area (Å²) in [5, 5.41) is 46.5. The van der Waals surface area contributed by atoms with Gasteiger partial charge in [-0.1, -0.05) is 6.08 Å². The van der Waals surface area contributed by atoms with Crippen LogP contribution in [0, 0.1) is 0 Å². The molecule has 2 rings (SSSR count). The fraction of sp³-hybridized carbons (Fsp3) is 0.789. The molecule has 10 atom stereocenters. The monoisotopic (exact) mass is 566 g/mol. The molecule has 0 unspecified atom stereocenters. The molecule has 2 saturated heterocycles. The van der Waals surface area contributed by atoms with E-state index in [1.807, 2.05) is 0 Å². The summed E-state index contributed by atoms with van der Waals surface area (Å²) in [7, 11) is -5.18. The van der Waals surface area contributed by atoms with E-state index in [-0.39, 0.29) is 36.2 Å². The smallest absolute Gasteiger partial charge is 0.726 e. The van der Waals surface area contributed by atoms with Crippen LogP contribution in [0.4, 0.5) is 0 Å². The molecule has 2 heterocycles. The van der Waals surface area contributed by atoms with Crippen molar-refractivity contribution in [2.24, 2.45) is 0 Å². The van der Waals surface area contributed by atoms with Crippen molar-refractivity contribution < 1.29 is 95.7 Å². The number of rotatable bonds is 11. The molecule has 208 valence electrons. The number of aliphatic hydroxyl groups excluding tert-OH is 4. The first-order chi connectivity index (χ1) is 16.8. The second-order valence-corrected chi connectivity index (χ2v) is 9.16. The van der Waals surface area contributed by atoms with Gasteiger partial charge in [-0.2, -0.15) is 0 Å². The van der Waals surface area contributed by atoms with E-state index in [9.17, 15) is 43.0 Å². The summed E-state index contributed by atoms with van der Waals surface area (Å²) < 4.78 is 58.9. The Labute approximate surface area is 235 Å². The van der Waals surface area contributed by atoms with Gasteiger partial charge in [-0.3, -0.25) is 13.8 Å². The van der Waals surface area contributed by atoms with Crippen molar-refractivity contribution in [1.29, 1.82) is 0 Å². The van der Waals surface area contributed by atoms with Crippen molar-refractivity contribution in [3.8, 4) is 0 Å². The van der Waals surface area contributed by atoms with Crippen LogP contribution < -0.4 is 40.2 Å². The van der Waals surface area contributed by atoms with Crippen LogP contribution in [0.1, 0.15) is 13.8 Å². The fourth-order valence-corrected chi connectivity index (χ4v) is 4.11. The third kappa shape index (κ3) is 9.73. The minimum atomic E-state index is -5.18. The Kier molecular flexibility index (Phi) is 14.0. The standard InChI is InChI=1S/C19H32N2O14S.Na/c1-4-5-31-18-13(21-9(3)24)16(27)17(10(6-22)33-18)35-19-12(20-8(2)23)15(26)14(25)11(34-19)7-32-36(28,29)30;/h4,10-19,22,25-27H,1,5-7H2,2-3H3,(H,20,23)(H,21,24)(H,28,29,30);/q;+1/p-1/t10-,11-,12-,13-,14-,15-,16-,17-,18+,19+;/m1./s1. The first kappa shape index (κ1) is 34.3. The van der Waals surface area contributed by atoms with Gasteiger partial charge in [0.25, 0.3) is 0 Å². The molecule has 2 aliphatic rings. The van der Waals surface area contributed by atoms with Crippen molar-refractivity contribution in [1.82, 2.24) is 10.6 Å². The summed E-state index contributed by atoms with van der Waals surface area (Å²) in [5.74, 6) is -1.23. The predicted molar refractivity (Wildman–Crippen MR) is 114 cm³/mol. The molecule has 18 heteroatoms. The number of carbonyl (C=O) groups is 2. The Balaban J connectivity index is 0.00000684. The fourth-order valence-electron chi connectivity index (χ4n) is 3.81. The first-order valence-corrected chi connectivity index (χ1v) is 12.1. The normalized spacial score (nSPS) is 36.2. The minimum absolute atomic E-state index is 0. The summed E-state index contributed by atoms with van der Waals surface area (Å²) in [5.41, 5.74) is 0. The Morgan fingerprint density at radius 3 is 2.03 bits per heavy atom. The van der Waals surface area contributed by atoms with Gasteiger partial charge in [-0.05, 0) is 0 Å².